The fourth-order valence-corrected chi connectivity index (χ4v) is 2.63. The smallest absolute Gasteiger partial charge is 0.0236 e. The highest BCUT2D eigenvalue weighted by Crippen LogP contribution is 2.19. The highest BCUT2D eigenvalue weighted by Gasteiger charge is 2.19. The number of nitrogens with one attached hydrogen (secondary N) is 1. The number of nitrogens with zero attached hydrogens (tertiary/aromatic N) is 1. The van der Waals surface area contributed by atoms with Crippen LogP contribution in [0, 0.1) is 0 Å². The van der Waals surface area contributed by atoms with Crippen LogP contribution in [0.5, 0.6) is 0 Å². The molecule has 0 bridgehead atoms. The van der Waals surface area contributed by atoms with Crippen molar-refractivity contribution in [3.63, 3.8) is 0 Å². The zero-order valence-corrected chi connectivity index (χ0v) is 14.1. The molecule has 0 spiro atoms. The lowest BCUT2D eigenvalue weighted by molar-refractivity contribution is 0.208. The van der Waals surface area contributed by atoms with Gasteiger partial charge in [0.25, 0.3) is 0 Å². The van der Waals surface area contributed by atoms with E-state index in [1.54, 1.807) is 0 Å². The molecule has 1 aliphatic carbocycles. The molecule has 0 atom stereocenters. The van der Waals surface area contributed by atoms with Gasteiger partial charge < -0.3 is 5.32 Å². The molecule has 0 amide bonds. The first-order valence-corrected chi connectivity index (χ1v) is 8.74. The van der Waals surface area contributed by atoms with Crippen molar-refractivity contribution in [2.24, 2.45) is 0 Å². The predicted octanol–water partition coefficient (Wildman–Crippen LogP) is 4.34. The van der Waals surface area contributed by atoms with Gasteiger partial charge in [-0.3, -0.25) is 4.90 Å². The minimum atomic E-state index is 0.623. The third kappa shape index (κ3) is 6.19. The molecule has 2 nitrogen and oxygen atoms in total. The summed E-state index contributed by atoms with van der Waals surface area (Å²) >= 11 is 0. The molecule has 1 saturated carbocycles. The summed E-state index contributed by atoms with van der Waals surface area (Å²) in [6, 6.07) is 10.6. The zero-order valence-electron chi connectivity index (χ0n) is 14.1. The lowest BCUT2D eigenvalue weighted by atomic mass is 10.1. The number of hydrogen-bond acceptors (Lipinski definition) is 2. The van der Waals surface area contributed by atoms with Gasteiger partial charge in [-0.25, -0.2) is 0 Å². The molecule has 21 heavy (non-hydrogen) atoms. The van der Waals surface area contributed by atoms with Crippen LogP contribution in [-0.4, -0.2) is 23.5 Å². The summed E-state index contributed by atoms with van der Waals surface area (Å²) in [6.07, 6.45) is 6.68. The summed E-state index contributed by atoms with van der Waals surface area (Å²) in [5.74, 6) is 0. The van der Waals surface area contributed by atoms with Crippen LogP contribution in [0.4, 0.5) is 0 Å². The summed E-state index contributed by atoms with van der Waals surface area (Å²) in [5.41, 5.74) is 2.85. The Morgan fingerprint density at radius 1 is 1.10 bits per heavy atom. The van der Waals surface area contributed by atoms with Crippen molar-refractivity contribution in [3.8, 4) is 0 Å². The van der Waals surface area contributed by atoms with E-state index in [1.807, 2.05) is 0 Å². The van der Waals surface area contributed by atoms with Gasteiger partial charge >= 0.3 is 0 Å². The molecular weight excluding hydrogens is 256 g/mol. The third-order valence-electron chi connectivity index (χ3n) is 4.36. The van der Waals surface area contributed by atoms with Gasteiger partial charge in [-0.15, -0.1) is 0 Å². The Morgan fingerprint density at radius 2 is 1.76 bits per heavy atom. The van der Waals surface area contributed by atoms with Crippen molar-refractivity contribution in [2.45, 2.75) is 78.0 Å². The molecule has 1 aliphatic rings. The van der Waals surface area contributed by atoms with Gasteiger partial charge in [0.1, 0.15) is 0 Å². The normalized spacial score (nSPS) is 15.1. The van der Waals surface area contributed by atoms with Crippen LogP contribution < -0.4 is 5.32 Å². The topological polar surface area (TPSA) is 15.3 Å². The van der Waals surface area contributed by atoms with Crippen LogP contribution in [-0.2, 0) is 13.1 Å². The van der Waals surface area contributed by atoms with Crippen LogP contribution in [0.3, 0.4) is 0 Å². The summed E-state index contributed by atoms with van der Waals surface area (Å²) in [7, 11) is 0. The van der Waals surface area contributed by atoms with Gasteiger partial charge in [-0.1, -0.05) is 44.0 Å². The SMILES string of the molecule is CCCCCN(Cc1ccc(CNC2CC2)cc1)C(C)C. The molecule has 2 heteroatoms. The largest absolute Gasteiger partial charge is 0.310 e. The number of rotatable bonds is 10. The number of benzene rings is 1. The Kier molecular flexibility index (Phi) is 6.72. The Labute approximate surface area is 130 Å². The van der Waals surface area contributed by atoms with E-state index in [9.17, 15) is 0 Å². The highest BCUT2D eigenvalue weighted by atomic mass is 15.1. The molecule has 0 aromatic heterocycles. The van der Waals surface area contributed by atoms with Gasteiger partial charge in [0.2, 0.25) is 0 Å². The van der Waals surface area contributed by atoms with Crippen LogP contribution in [0.25, 0.3) is 0 Å². The molecule has 0 unspecified atom stereocenters. The molecule has 118 valence electrons. The van der Waals surface area contributed by atoms with Crippen molar-refractivity contribution in [2.75, 3.05) is 6.54 Å². The number of hydrogen-bond donors (Lipinski definition) is 1. The first-order chi connectivity index (χ1) is 10.2. The monoisotopic (exact) mass is 288 g/mol. The molecule has 0 heterocycles. The third-order valence-corrected chi connectivity index (χ3v) is 4.36. The van der Waals surface area contributed by atoms with Crippen molar-refractivity contribution in [1.82, 2.24) is 10.2 Å². The van der Waals surface area contributed by atoms with Crippen molar-refractivity contribution in [1.29, 1.82) is 0 Å². The maximum atomic E-state index is 3.58. The molecule has 0 aliphatic heterocycles. The molecule has 1 fully saturated rings. The molecule has 0 radical (unpaired) electrons. The minimum Gasteiger partial charge on any atom is -0.310 e. The molecular formula is C19H32N2. The van der Waals surface area contributed by atoms with E-state index in [-0.39, 0.29) is 0 Å². The van der Waals surface area contributed by atoms with E-state index in [1.165, 1.54) is 49.8 Å². The maximum Gasteiger partial charge on any atom is 0.0236 e. The van der Waals surface area contributed by atoms with Crippen LogP contribution >= 0.6 is 0 Å². The quantitative estimate of drug-likeness (QED) is 0.644. The van der Waals surface area contributed by atoms with E-state index < -0.39 is 0 Å². The van der Waals surface area contributed by atoms with Crippen LogP contribution in [0.2, 0.25) is 0 Å². The summed E-state index contributed by atoms with van der Waals surface area (Å²) in [4.78, 5) is 2.59. The first-order valence-electron chi connectivity index (χ1n) is 8.74. The van der Waals surface area contributed by atoms with Gasteiger partial charge in [-0.2, -0.15) is 0 Å². The molecule has 0 saturated heterocycles. The summed E-state index contributed by atoms with van der Waals surface area (Å²) in [6.45, 7) is 10.2. The van der Waals surface area contributed by atoms with E-state index in [2.05, 4.69) is 55.3 Å². The summed E-state index contributed by atoms with van der Waals surface area (Å²) in [5, 5.41) is 3.58. The van der Waals surface area contributed by atoms with Gasteiger partial charge in [0.05, 0.1) is 0 Å². The number of unbranched alkanes of at least 4 members (excludes halogenated alkanes) is 2. The fourth-order valence-electron chi connectivity index (χ4n) is 2.63. The minimum absolute atomic E-state index is 0.623. The molecule has 1 N–H and O–H groups in total. The van der Waals surface area contributed by atoms with E-state index in [4.69, 9.17) is 0 Å². The lowest BCUT2D eigenvalue weighted by Gasteiger charge is -2.26. The standard InChI is InChI=1S/C19H32N2/c1-4-5-6-13-21(16(2)3)15-18-9-7-17(8-10-18)14-20-19-11-12-19/h7-10,16,19-20H,4-6,11-15H2,1-3H3. The predicted molar refractivity (Wildman–Crippen MR) is 91.4 cm³/mol. The van der Waals surface area contributed by atoms with Gasteiger partial charge in [0.15, 0.2) is 0 Å². The molecule has 1 aromatic carbocycles. The van der Waals surface area contributed by atoms with E-state index in [0.29, 0.717) is 6.04 Å². The fraction of sp³-hybridized carbons (Fsp3) is 0.684. The Hall–Kier alpha value is -0.860. The van der Waals surface area contributed by atoms with Crippen LogP contribution in [0.1, 0.15) is 64.0 Å². The molecule has 1 aromatic rings. The average Bonchev–Trinajstić information content (AvgIpc) is 3.29. The van der Waals surface area contributed by atoms with Gasteiger partial charge in [0, 0.05) is 25.2 Å². The second-order valence-electron chi connectivity index (χ2n) is 6.74. The van der Waals surface area contributed by atoms with Crippen LogP contribution in [0.15, 0.2) is 24.3 Å². The highest BCUT2D eigenvalue weighted by molar-refractivity contribution is 5.22. The Balaban J connectivity index is 1.80. The van der Waals surface area contributed by atoms with E-state index >= 15 is 0 Å². The van der Waals surface area contributed by atoms with Crippen molar-refractivity contribution >= 4 is 0 Å². The first kappa shape index (κ1) is 16.5. The Bertz CT molecular complexity index is 393. The summed E-state index contributed by atoms with van der Waals surface area (Å²) < 4.78 is 0. The second kappa shape index (κ2) is 8.55. The van der Waals surface area contributed by atoms with Crippen molar-refractivity contribution in [3.05, 3.63) is 35.4 Å². The zero-order chi connectivity index (χ0) is 15.1. The second-order valence-corrected chi connectivity index (χ2v) is 6.74. The molecule has 2 rings (SSSR count). The van der Waals surface area contributed by atoms with E-state index in [0.717, 1.165) is 19.1 Å². The maximum absolute atomic E-state index is 3.58. The van der Waals surface area contributed by atoms with Crippen molar-refractivity contribution < 1.29 is 0 Å². The Morgan fingerprint density at radius 3 is 2.33 bits per heavy atom. The van der Waals surface area contributed by atoms with Gasteiger partial charge in [-0.05, 0) is 50.8 Å². The average molecular weight is 288 g/mol. The lowest BCUT2D eigenvalue weighted by Crippen LogP contribution is -2.31.